The quantitative estimate of drug-likeness (QED) is 0.892. The Bertz CT molecular complexity index is 802. The molecule has 0 aromatic heterocycles. The maximum atomic E-state index is 12.6. The number of hydrogen-bond acceptors (Lipinski definition) is 2. The molecule has 1 N–H and O–H groups in total. The van der Waals surface area contributed by atoms with Gasteiger partial charge in [-0.15, -0.1) is 0 Å². The first-order valence-electron chi connectivity index (χ1n) is 8.44. The summed E-state index contributed by atoms with van der Waals surface area (Å²) in [6.45, 7) is 4.40. The molecule has 0 bridgehead atoms. The van der Waals surface area contributed by atoms with Gasteiger partial charge in [-0.05, 0) is 48.7 Å². The maximum absolute atomic E-state index is 12.6. The van der Waals surface area contributed by atoms with Crippen LogP contribution in [-0.2, 0) is 16.0 Å². The molecule has 1 heterocycles. The third-order valence-electron chi connectivity index (χ3n) is 4.61. The van der Waals surface area contributed by atoms with Crippen molar-refractivity contribution in [2.24, 2.45) is 5.92 Å². The Hall–Kier alpha value is -2.33. The first kappa shape index (κ1) is 17.5. The number of benzene rings is 2. The van der Waals surface area contributed by atoms with Crippen molar-refractivity contribution in [2.75, 3.05) is 16.8 Å². The molecule has 0 spiro atoms. The number of hydrogen-bond donors (Lipinski definition) is 1. The van der Waals surface area contributed by atoms with E-state index < -0.39 is 0 Å². The zero-order chi connectivity index (χ0) is 18.0. The standard InChI is InChI=1S/C20H21ClN2O2/c1-3-14-5-8-17(9-6-14)23-12-15(10-19(23)24)20(25)22-18-11-16(21)7-4-13(18)2/h4-9,11,15H,3,10,12H2,1-2H3,(H,22,25)/t15-/m0/s1. The molecule has 130 valence electrons. The average molecular weight is 357 g/mol. The van der Waals surface area contributed by atoms with Crippen molar-refractivity contribution in [3.8, 4) is 0 Å². The van der Waals surface area contributed by atoms with Crippen LogP contribution in [0.1, 0.15) is 24.5 Å². The molecule has 0 radical (unpaired) electrons. The van der Waals surface area contributed by atoms with Gasteiger partial charge in [-0.3, -0.25) is 9.59 Å². The highest BCUT2D eigenvalue weighted by molar-refractivity contribution is 6.31. The Morgan fingerprint density at radius 2 is 1.96 bits per heavy atom. The van der Waals surface area contributed by atoms with E-state index in [-0.39, 0.29) is 24.2 Å². The Balaban J connectivity index is 1.70. The van der Waals surface area contributed by atoms with E-state index in [0.29, 0.717) is 17.3 Å². The minimum atomic E-state index is -0.364. The van der Waals surface area contributed by atoms with Gasteiger partial charge in [0.2, 0.25) is 11.8 Å². The molecule has 0 unspecified atom stereocenters. The van der Waals surface area contributed by atoms with Crippen molar-refractivity contribution in [1.29, 1.82) is 0 Å². The summed E-state index contributed by atoms with van der Waals surface area (Å²) >= 11 is 6.00. The van der Waals surface area contributed by atoms with Crippen LogP contribution in [0.2, 0.25) is 5.02 Å². The van der Waals surface area contributed by atoms with Crippen LogP contribution in [0.25, 0.3) is 0 Å². The first-order chi connectivity index (χ1) is 12.0. The summed E-state index contributed by atoms with van der Waals surface area (Å²) in [6, 6.07) is 13.3. The minimum absolute atomic E-state index is 0.0211. The van der Waals surface area contributed by atoms with Crippen molar-refractivity contribution in [3.63, 3.8) is 0 Å². The molecule has 1 fully saturated rings. The molecule has 0 saturated carbocycles. The number of nitrogens with zero attached hydrogens (tertiary/aromatic N) is 1. The van der Waals surface area contributed by atoms with Gasteiger partial charge in [0, 0.05) is 29.4 Å². The molecule has 3 rings (SSSR count). The second-order valence-corrected chi connectivity index (χ2v) is 6.81. The Kier molecular flexibility index (Phi) is 5.09. The van der Waals surface area contributed by atoms with E-state index >= 15 is 0 Å². The van der Waals surface area contributed by atoms with Gasteiger partial charge in [-0.2, -0.15) is 0 Å². The van der Waals surface area contributed by atoms with E-state index in [0.717, 1.165) is 17.7 Å². The highest BCUT2D eigenvalue weighted by Gasteiger charge is 2.35. The van der Waals surface area contributed by atoms with Crippen molar-refractivity contribution in [1.82, 2.24) is 0 Å². The van der Waals surface area contributed by atoms with E-state index in [1.54, 1.807) is 17.0 Å². The minimum Gasteiger partial charge on any atom is -0.325 e. The number of carbonyl (C=O) groups is 2. The molecule has 25 heavy (non-hydrogen) atoms. The van der Waals surface area contributed by atoms with Gasteiger partial charge < -0.3 is 10.2 Å². The van der Waals surface area contributed by atoms with Gasteiger partial charge in [0.05, 0.1) is 5.92 Å². The normalized spacial score (nSPS) is 17.0. The van der Waals surface area contributed by atoms with Crippen LogP contribution in [0, 0.1) is 12.8 Å². The van der Waals surface area contributed by atoms with Gasteiger partial charge in [0.25, 0.3) is 0 Å². The molecular weight excluding hydrogens is 336 g/mol. The van der Waals surface area contributed by atoms with Gasteiger partial charge in [-0.25, -0.2) is 0 Å². The third kappa shape index (κ3) is 3.85. The Morgan fingerprint density at radius 3 is 2.64 bits per heavy atom. The zero-order valence-electron chi connectivity index (χ0n) is 14.4. The topological polar surface area (TPSA) is 49.4 Å². The van der Waals surface area contributed by atoms with E-state index in [4.69, 9.17) is 11.6 Å². The summed E-state index contributed by atoms with van der Waals surface area (Å²) < 4.78 is 0. The van der Waals surface area contributed by atoms with Gasteiger partial charge >= 0.3 is 0 Å². The molecule has 2 aromatic rings. The van der Waals surface area contributed by atoms with E-state index in [1.165, 1.54) is 5.56 Å². The SMILES string of the molecule is CCc1ccc(N2C[C@@H](C(=O)Nc3cc(Cl)ccc3C)CC2=O)cc1. The molecule has 0 aliphatic carbocycles. The summed E-state index contributed by atoms with van der Waals surface area (Å²) in [4.78, 5) is 26.6. The second-order valence-electron chi connectivity index (χ2n) is 6.37. The van der Waals surface area contributed by atoms with Crippen LogP contribution in [0.5, 0.6) is 0 Å². The molecule has 1 atom stereocenters. The number of rotatable bonds is 4. The highest BCUT2D eigenvalue weighted by atomic mass is 35.5. The number of nitrogens with one attached hydrogen (secondary N) is 1. The lowest BCUT2D eigenvalue weighted by molar-refractivity contribution is -0.122. The zero-order valence-corrected chi connectivity index (χ0v) is 15.1. The predicted molar refractivity (Wildman–Crippen MR) is 101 cm³/mol. The maximum Gasteiger partial charge on any atom is 0.229 e. The van der Waals surface area contributed by atoms with Gasteiger partial charge in [0.15, 0.2) is 0 Å². The highest BCUT2D eigenvalue weighted by Crippen LogP contribution is 2.27. The lowest BCUT2D eigenvalue weighted by Gasteiger charge is -2.17. The third-order valence-corrected chi connectivity index (χ3v) is 4.84. The Morgan fingerprint density at radius 1 is 1.24 bits per heavy atom. The molecule has 2 aromatic carbocycles. The van der Waals surface area contributed by atoms with Crippen LogP contribution in [0.15, 0.2) is 42.5 Å². The number of amides is 2. The molecule has 5 heteroatoms. The fourth-order valence-electron chi connectivity index (χ4n) is 3.01. The number of halogens is 1. The molecular formula is C20H21ClN2O2. The smallest absolute Gasteiger partial charge is 0.229 e. The number of carbonyl (C=O) groups excluding carboxylic acids is 2. The fourth-order valence-corrected chi connectivity index (χ4v) is 3.18. The lowest BCUT2D eigenvalue weighted by atomic mass is 10.1. The van der Waals surface area contributed by atoms with Crippen LogP contribution in [-0.4, -0.2) is 18.4 Å². The summed E-state index contributed by atoms with van der Waals surface area (Å²) in [5, 5.41) is 3.47. The van der Waals surface area contributed by atoms with Crippen LogP contribution in [0.4, 0.5) is 11.4 Å². The van der Waals surface area contributed by atoms with E-state index in [2.05, 4.69) is 12.2 Å². The number of aryl methyl sites for hydroxylation is 2. The second kappa shape index (κ2) is 7.28. The molecule has 1 aliphatic heterocycles. The van der Waals surface area contributed by atoms with Crippen molar-refractivity contribution in [2.45, 2.75) is 26.7 Å². The molecule has 1 saturated heterocycles. The fraction of sp³-hybridized carbons (Fsp3) is 0.300. The van der Waals surface area contributed by atoms with Crippen molar-refractivity contribution < 1.29 is 9.59 Å². The monoisotopic (exact) mass is 356 g/mol. The predicted octanol–water partition coefficient (Wildman–Crippen LogP) is 4.20. The van der Waals surface area contributed by atoms with Crippen LogP contribution >= 0.6 is 11.6 Å². The van der Waals surface area contributed by atoms with Gasteiger partial charge in [0.1, 0.15) is 0 Å². The van der Waals surface area contributed by atoms with Crippen molar-refractivity contribution >= 4 is 34.8 Å². The Labute approximate surface area is 152 Å². The summed E-state index contributed by atoms with van der Waals surface area (Å²) in [7, 11) is 0. The number of anilines is 2. The largest absolute Gasteiger partial charge is 0.325 e. The van der Waals surface area contributed by atoms with E-state index in [1.807, 2.05) is 37.3 Å². The first-order valence-corrected chi connectivity index (χ1v) is 8.82. The van der Waals surface area contributed by atoms with Crippen LogP contribution < -0.4 is 10.2 Å². The summed E-state index contributed by atoms with van der Waals surface area (Å²) in [5.41, 5.74) is 3.70. The summed E-state index contributed by atoms with van der Waals surface area (Å²) in [6.07, 6.45) is 1.18. The molecule has 1 aliphatic rings. The van der Waals surface area contributed by atoms with Crippen molar-refractivity contribution in [3.05, 3.63) is 58.6 Å². The lowest BCUT2D eigenvalue weighted by Crippen LogP contribution is -2.28. The van der Waals surface area contributed by atoms with Crippen LogP contribution in [0.3, 0.4) is 0 Å². The average Bonchev–Trinajstić information content (AvgIpc) is 3.00. The molecule has 2 amide bonds. The molecule has 4 nitrogen and oxygen atoms in total. The van der Waals surface area contributed by atoms with E-state index in [9.17, 15) is 9.59 Å². The van der Waals surface area contributed by atoms with Gasteiger partial charge in [-0.1, -0.05) is 36.7 Å². The summed E-state index contributed by atoms with van der Waals surface area (Å²) in [5.74, 6) is -0.532.